The average Bonchev–Trinajstić information content (AvgIpc) is 2.66. The van der Waals surface area contributed by atoms with Crippen LogP contribution in [0.5, 0.6) is 0 Å². The van der Waals surface area contributed by atoms with Gasteiger partial charge in [-0.05, 0) is 71.7 Å². The molecule has 0 radical (unpaired) electrons. The maximum absolute atomic E-state index is 6.17. The van der Waals surface area contributed by atoms with Gasteiger partial charge in [0.2, 0.25) is 0 Å². The van der Waals surface area contributed by atoms with Gasteiger partial charge in [-0.3, -0.25) is 0 Å². The van der Waals surface area contributed by atoms with Gasteiger partial charge in [0.05, 0.1) is 0 Å². The lowest BCUT2D eigenvalue weighted by atomic mass is 9.85. The highest BCUT2D eigenvalue weighted by Crippen LogP contribution is 2.29. The van der Waals surface area contributed by atoms with Crippen LogP contribution in [0.2, 0.25) is 0 Å². The fourth-order valence-corrected chi connectivity index (χ4v) is 4.08. The Morgan fingerprint density at radius 1 is 0.833 bits per heavy atom. The van der Waals surface area contributed by atoms with E-state index in [0.29, 0.717) is 12.5 Å². The molecular formula is C23H25N. The molecule has 122 valence electrons. The van der Waals surface area contributed by atoms with Crippen LogP contribution in [0.4, 0.5) is 0 Å². The van der Waals surface area contributed by atoms with Crippen LogP contribution >= 0.6 is 0 Å². The lowest BCUT2D eigenvalue weighted by Crippen LogP contribution is -2.16. The highest BCUT2D eigenvalue weighted by atomic mass is 14.5. The summed E-state index contributed by atoms with van der Waals surface area (Å²) in [6, 6.07) is 22.3. The van der Waals surface area contributed by atoms with E-state index in [1.165, 1.54) is 47.6 Å². The summed E-state index contributed by atoms with van der Waals surface area (Å²) in [6.45, 7) is 0.696. The molecule has 0 aromatic heterocycles. The zero-order valence-electron chi connectivity index (χ0n) is 14.2. The van der Waals surface area contributed by atoms with E-state index >= 15 is 0 Å². The topological polar surface area (TPSA) is 26.0 Å². The number of rotatable bonds is 4. The van der Waals surface area contributed by atoms with E-state index in [0.717, 1.165) is 6.42 Å². The second-order valence-electron chi connectivity index (χ2n) is 7.01. The van der Waals surface area contributed by atoms with Gasteiger partial charge in [0.25, 0.3) is 0 Å². The van der Waals surface area contributed by atoms with Crippen LogP contribution in [0, 0.1) is 0 Å². The third-order valence-corrected chi connectivity index (χ3v) is 5.47. The maximum Gasteiger partial charge on any atom is 0.000189 e. The third-order valence-electron chi connectivity index (χ3n) is 5.47. The van der Waals surface area contributed by atoms with Gasteiger partial charge in [-0.1, -0.05) is 60.7 Å². The van der Waals surface area contributed by atoms with Crippen molar-refractivity contribution in [3.63, 3.8) is 0 Å². The molecule has 0 amide bonds. The quantitative estimate of drug-likeness (QED) is 0.720. The van der Waals surface area contributed by atoms with Crippen molar-refractivity contribution in [2.24, 2.45) is 5.73 Å². The Labute approximate surface area is 144 Å². The summed E-state index contributed by atoms with van der Waals surface area (Å²) < 4.78 is 0. The average molecular weight is 315 g/mol. The predicted octanol–water partition coefficient (Wildman–Crippen LogP) is 5.00. The highest BCUT2D eigenvalue weighted by molar-refractivity contribution is 5.85. The van der Waals surface area contributed by atoms with E-state index in [2.05, 4.69) is 60.7 Å². The number of nitrogens with two attached hydrogens (primary N) is 1. The predicted molar refractivity (Wildman–Crippen MR) is 103 cm³/mol. The normalized spacial score (nSPS) is 15.2. The molecule has 0 aliphatic heterocycles. The van der Waals surface area contributed by atoms with Gasteiger partial charge < -0.3 is 5.73 Å². The van der Waals surface area contributed by atoms with Crippen molar-refractivity contribution in [1.82, 2.24) is 0 Å². The van der Waals surface area contributed by atoms with Crippen molar-refractivity contribution in [2.45, 2.75) is 38.0 Å². The molecule has 0 saturated carbocycles. The molecule has 0 bridgehead atoms. The molecule has 24 heavy (non-hydrogen) atoms. The summed E-state index contributed by atoms with van der Waals surface area (Å²) in [5, 5.41) is 2.67. The van der Waals surface area contributed by atoms with Crippen LogP contribution in [-0.2, 0) is 19.3 Å². The minimum absolute atomic E-state index is 0.392. The van der Waals surface area contributed by atoms with Crippen LogP contribution in [0.3, 0.4) is 0 Å². The first-order chi connectivity index (χ1) is 11.8. The van der Waals surface area contributed by atoms with Crippen LogP contribution in [0.15, 0.2) is 60.7 Å². The van der Waals surface area contributed by atoms with Gasteiger partial charge in [-0.15, -0.1) is 0 Å². The molecule has 1 unspecified atom stereocenters. The zero-order chi connectivity index (χ0) is 16.4. The Hall–Kier alpha value is -2.12. The number of aryl methyl sites for hydroxylation is 2. The van der Waals surface area contributed by atoms with Gasteiger partial charge in [-0.2, -0.15) is 0 Å². The molecule has 2 N–H and O–H groups in total. The number of hydrogen-bond acceptors (Lipinski definition) is 1. The molecule has 0 fully saturated rings. The van der Waals surface area contributed by atoms with Crippen molar-refractivity contribution >= 4 is 10.8 Å². The van der Waals surface area contributed by atoms with E-state index < -0.39 is 0 Å². The van der Waals surface area contributed by atoms with E-state index in [1.807, 2.05) is 0 Å². The summed E-state index contributed by atoms with van der Waals surface area (Å²) in [5.41, 5.74) is 12.1. The highest BCUT2D eigenvalue weighted by Gasteiger charge is 2.16. The second kappa shape index (κ2) is 6.78. The summed E-state index contributed by atoms with van der Waals surface area (Å²) in [6.07, 6.45) is 6.15. The molecule has 1 aliphatic carbocycles. The summed E-state index contributed by atoms with van der Waals surface area (Å²) >= 11 is 0. The Bertz CT molecular complexity index is 844. The summed E-state index contributed by atoms with van der Waals surface area (Å²) in [7, 11) is 0. The molecule has 1 atom stereocenters. The lowest BCUT2D eigenvalue weighted by Gasteiger charge is -2.21. The van der Waals surface area contributed by atoms with Crippen LogP contribution < -0.4 is 5.73 Å². The Morgan fingerprint density at radius 3 is 2.50 bits per heavy atom. The first-order valence-corrected chi connectivity index (χ1v) is 9.13. The minimum atomic E-state index is 0.392. The van der Waals surface area contributed by atoms with Crippen molar-refractivity contribution in [3.8, 4) is 0 Å². The first kappa shape index (κ1) is 15.4. The fourth-order valence-electron chi connectivity index (χ4n) is 4.08. The van der Waals surface area contributed by atoms with Crippen LogP contribution in [-0.4, -0.2) is 6.54 Å². The molecule has 1 heteroatoms. The van der Waals surface area contributed by atoms with Crippen molar-refractivity contribution in [1.29, 1.82) is 0 Å². The van der Waals surface area contributed by atoms with Crippen molar-refractivity contribution in [2.75, 3.05) is 6.54 Å². The molecule has 4 rings (SSSR count). The molecule has 0 saturated heterocycles. The van der Waals surface area contributed by atoms with E-state index in [-0.39, 0.29) is 0 Å². The van der Waals surface area contributed by atoms with E-state index in [4.69, 9.17) is 5.73 Å². The molecule has 1 nitrogen and oxygen atoms in total. The summed E-state index contributed by atoms with van der Waals surface area (Å²) in [5.74, 6) is 0.392. The Kier molecular flexibility index (Phi) is 4.36. The van der Waals surface area contributed by atoms with Gasteiger partial charge in [0.1, 0.15) is 0 Å². The maximum atomic E-state index is 6.17. The third kappa shape index (κ3) is 2.97. The monoisotopic (exact) mass is 315 g/mol. The molecule has 3 aromatic rings. The van der Waals surface area contributed by atoms with E-state index in [1.54, 1.807) is 11.1 Å². The molecule has 1 aliphatic rings. The lowest BCUT2D eigenvalue weighted by molar-refractivity contribution is 0.669. The SMILES string of the molecule is NCC(Cc1cccc2ccccc12)c1ccc2c(c1)CCCC2. The first-order valence-electron chi connectivity index (χ1n) is 9.13. The molecule has 3 aromatic carbocycles. The second-order valence-corrected chi connectivity index (χ2v) is 7.01. The van der Waals surface area contributed by atoms with Crippen LogP contribution in [0.25, 0.3) is 10.8 Å². The summed E-state index contributed by atoms with van der Waals surface area (Å²) in [4.78, 5) is 0. The largest absolute Gasteiger partial charge is 0.330 e. The standard InChI is InChI=1S/C23H25N/c24-16-22(20-13-12-17-6-1-2-8-19(17)14-20)15-21-10-5-9-18-7-3-4-11-23(18)21/h3-5,7,9-14,22H,1-2,6,8,15-16,24H2. The number of hydrogen-bond donors (Lipinski definition) is 1. The molecule has 0 spiro atoms. The van der Waals surface area contributed by atoms with Crippen LogP contribution in [0.1, 0.15) is 41.0 Å². The molecule has 0 heterocycles. The van der Waals surface area contributed by atoms with Gasteiger partial charge in [-0.25, -0.2) is 0 Å². The fraction of sp³-hybridized carbons (Fsp3) is 0.304. The minimum Gasteiger partial charge on any atom is -0.330 e. The zero-order valence-corrected chi connectivity index (χ0v) is 14.2. The number of fused-ring (bicyclic) bond motifs is 2. The molecular weight excluding hydrogens is 290 g/mol. The van der Waals surface area contributed by atoms with Gasteiger partial charge in [0, 0.05) is 5.92 Å². The van der Waals surface area contributed by atoms with Gasteiger partial charge >= 0.3 is 0 Å². The van der Waals surface area contributed by atoms with Crippen molar-refractivity contribution < 1.29 is 0 Å². The van der Waals surface area contributed by atoms with E-state index in [9.17, 15) is 0 Å². The smallest absolute Gasteiger partial charge is 0.000189 e. The van der Waals surface area contributed by atoms with Crippen molar-refractivity contribution in [3.05, 3.63) is 82.9 Å². The Morgan fingerprint density at radius 2 is 1.62 bits per heavy atom. The van der Waals surface area contributed by atoms with Gasteiger partial charge in [0.15, 0.2) is 0 Å². The Balaban J connectivity index is 1.66. The number of benzene rings is 3.